The van der Waals surface area contributed by atoms with Gasteiger partial charge in [0.1, 0.15) is 0 Å². The molecule has 0 saturated carbocycles. The second-order valence-corrected chi connectivity index (χ2v) is 8.71. The van der Waals surface area contributed by atoms with Crippen LogP contribution in [-0.2, 0) is 19.1 Å². The average molecular weight is 503 g/mol. The van der Waals surface area contributed by atoms with Crippen LogP contribution in [0.4, 0.5) is 18.9 Å². The van der Waals surface area contributed by atoms with Crippen molar-refractivity contribution in [3.05, 3.63) is 105 Å². The SMILES string of the molecule is FC(F)(F)c1cccc(N=c2scc(-c3ccc(Br)cc3)n2CCc2ccccc2)c1. The second kappa shape index (κ2) is 9.24. The number of alkyl halides is 3. The normalized spacial score (nSPS) is 12.3. The lowest BCUT2D eigenvalue weighted by atomic mass is 10.1. The number of thiazole rings is 1. The summed E-state index contributed by atoms with van der Waals surface area (Å²) in [4.78, 5) is 5.22. The number of rotatable bonds is 5. The summed E-state index contributed by atoms with van der Waals surface area (Å²) in [5.41, 5.74) is 2.78. The van der Waals surface area contributed by atoms with E-state index in [-0.39, 0.29) is 5.69 Å². The third kappa shape index (κ3) is 5.35. The highest BCUT2D eigenvalue weighted by Gasteiger charge is 2.30. The van der Waals surface area contributed by atoms with Gasteiger partial charge in [0.05, 0.1) is 16.9 Å². The van der Waals surface area contributed by atoms with Crippen LogP contribution in [0.1, 0.15) is 11.1 Å². The first-order chi connectivity index (χ1) is 14.9. The lowest BCUT2D eigenvalue weighted by Gasteiger charge is -2.10. The van der Waals surface area contributed by atoms with Crippen molar-refractivity contribution in [2.75, 3.05) is 0 Å². The van der Waals surface area contributed by atoms with Gasteiger partial charge in [0.2, 0.25) is 0 Å². The summed E-state index contributed by atoms with van der Waals surface area (Å²) in [6.45, 7) is 0.663. The molecule has 0 bridgehead atoms. The van der Waals surface area contributed by atoms with E-state index in [1.807, 2.05) is 47.8 Å². The topological polar surface area (TPSA) is 17.3 Å². The van der Waals surface area contributed by atoms with E-state index >= 15 is 0 Å². The van der Waals surface area contributed by atoms with E-state index in [0.717, 1.165) is 34.3 Å². The zero-order valence-corrected chi connectivity index (χ0v) is 18.7. The van der Waals surface area contributed by atoms with Crippen LogP contribution in [0, 0.1) is 0 Å². The molecule has 31 heavy (non-hydrogen) atoms. The Morgan fingerprint density at radius 1 is 0.903 bits per heavy atom. The zero-order chi connectivity index (χ0) is 21.8. The molecule has 158 valence electrons. The molecule has 4 rings (SSSR count). The molecule has 4 aromatic rings. The molecule has 0 atom stereocenters. The first-order valence-corrected chi connectivity index (χ1v) is 11.3. The smallest absolute Gasteiger partial charge is 0.316 e. The standard InChI is InChI=1S/C24H18BrF3N2S/c25-20-11-9-18(10-12-20)22-16-31-23(30(22)14-13-17-5-2-1-3-6-17)29-21-8-4-7-19(15-21)24(26,27)28/h1-12,15-16H,13-14H2. The number of hydrogen-bond donors (Lipinski definition) is 0. The Kier molecular flexibility index (Phi) is 6.43. The fraction of sp³-hybridized carbons (Fsp3) is 0.125. The molecule has 0 amide bonds. The molecule has 0 saturated heterocycles. The van der Waals surface area contributed by atoms with Gasteiger partial charge in [-0.3, -0.25) is 0 Å². The highest BCUT2D eigenvalue weighted by Crippen LogP contribution is 2.31. The number of halogens is 4. The molecule has 0 aliphatic heterocycles. The second-order valence-electron chi connectivity index (χ2n) is 6.96. The highest BCUT2D eigenvalue weighted by molar-refractivity contribution is 9.10. The van der Waals surface area contributed by atoms with Gasteiger partial charge in [-0.05, 0) is 47.9 Å². The summed E-state index contributed by atoms with van der Waals surface area (Å²) >= 11 is 4.88. The van der Waals surface area contributed by atoms with Gasteiger partial charge >= 0.3 is 6.18 Å². The third-order valence-corrected chi connectivity index (χ3v) is 6.20. The van der Waals surface area contributed by atoms with Gasteiger partial charge in [-0.15, -0.1) is 11.3 Å². The number of aromatic nitrogens is 1. The third-order valence-electron chi connectivity index (χ3n) is 4.80. The molecule has 1 aromatic heterocycles. The molecule has 0 aliphatic carbocycles. The predicted molar refractivity (Wildman–Crippen MR) is 122 cm³/mol. The summed E-state index contributed by atoms with van der Waals surface area (Å²) < 4.78 is 42.4. The molecule has 1 heterocycles. The van der Waals surface area contributed by atoms with Gasteiger partial charge in [-0.1, -0.05) is 64.5 Å². The van der Waals surface area contributed by atoms with E-state index in [2.05, 4.69) is 37.6 Å². The van der Waals surface area contributed by atoms with Crippen LogP contribution in [0.3, 0.4) is 0 Å². The van der Waals surface area contributed by atoms with Crippen molar-refractivity contribution < 1.29 is 13.2 Å². The Labute approximate surface area is 190 Å². The molecule has 0 N–H and O–H groups in total. The van der Waals surface area contributed by atoms with E-state index in [1.165, 1.54) is 23.0 Å². The molecular formula is C24H18BrF3N2S. The van der Waals surface area contributed by atoms with Gasteiger partial charge in [0.15, 0.2) is 4.80 Å². The fourth-order valence-corrected chi connectivity index (χ4v) is 4.45. The molecular weight excluding hydrogens is 485 g/mol. The van der Waals surface area contributed by atoms with Crippen LogP contribution in [0.2, 0.25) is 0 Å². The maximum absolute atomic E-state index is 13.1. The Hall–Kier alpha value is -2.64. The summed E-state index contributed by atoms with van der Waals surface area (Å²) in [5, 5.41) is 2.00. The van der Waals surface area contributed by atoms with Crippen LogP contribution in [-0.4, -0.2) is 4.57 Å². The minimum absolute atomic E-state index is 0.285. The summed E-state index contributed by atoms with van der Waals surface area (Å²) in [6, 6.07) is 23.2. The minimum atomic E-state index is -4.40. The molecule has 0 fully saturated rings. The maximum atomic E-state index is 13.1. The van der Waals surface area contributed by atoms with Crippen LogP contribution in [0.5, 0.6) is 0 Å². The lowest BCUT2D eigenvalue weighted by Crippen LogP contribution is -2.17. The van der Waals surface area contributed by atoms with Crippen LogP contribution < -0.4 is 4.80 Å². The van der Waals surface area contributed by atoms with Crippen molar-refractivity contribution in [3.63, 3.8) is 0 Å². The van der Waals surface area contributed by atoms with Crippen molar-refractivity contribution in [2.45, 2.75) is 19.1 Å². The van der Waals surface area contributed by atoms with Crippen molar-refractivity contribution >= 4 is 33.0 Å². The lowest BCUT2D eigenvalue weighted by molar-refractivity contribution is -0.137. The van der Waals surface area contributed by atoms with Crippen LogP contribution in [0.15, 0.2) is 93.7 Å². The van der Waals surface area contributed by atoms with E-state index in [4.69, 9.17) is 0 Å². The molecule has 0 unspecified atom stereocenters. The first kappa shape index (κ1) is 21.6. The molecule has 7 heteroatoms. The molecule has 2 nitrogen and oxygen atoms in total. The van der Waals surface area contributed by atoms with E-state index < -0.39 is 11.7 Å². The van der Waals surface area contributed by atoms with Crippen LogP contribution in [0.25, 0.3) is 11.3 Å². The van der Waals surface area contributed by atoms with Gasteiger partial charge in [-0.2, -0.15) is 13.2 Å². The van der Waals surface area contributed by atoms with Gasteiger partial charge in [-0.25, -0.2) is 4.99 Å². The van der Waals surface area contributed by atoms with Gasteiger partial charge in [0, 0.05) is 16.4 Å². The Bertz CT molecular complexity index is 1230. The van der Waals surface area contributed by atoms with Crippen molar-refractivity contribution in [3.8, 4) is 11.3 Å². The molecule has 0 aliphatic rings. The van der Waals surface area contributed by atoms with Gasteiger partial charge in [0.25, 0.3) is 0 Å². The molecule has 3 aromatic carbocycles. The predicted octanol–water partition coefficient (Wildman–Crippen LogP) is 7.47. The number of aryl methyl sites for hydroxylation is 1. The summed E-state index contributed by atoms with van der Waals surface area (Å²) in [7, 11) is 0. The monoisotopic (exact) mass is 502 g/mol. The number of hydrogen-bond acceptors (Lipinski definition) is 2. The van der Waals surface area contributed by atoms with E-state index in [1.54, 1.807) is 6.07 Å². The van der Waals surface area contributed by atoms with Gasteiger partial charge < -0.3 is 4.57 Å². The van der Waals surface area contributed by atoms with Crippen LogP contribution >= 0.6 is 27.3 Å². The minimum Gasteiger partial charge on any atom is -0.316 e. The van der Waals surface area contributed by atoms with Crippen molar-refractivity contribution in [1.82, 2.24) is 4.57 Å². The number of benzene rings is 3. The van der Waals surface area contributed by atoms with E-state index in [0.29, 0.717) is 11.3 Å². The zero-order valence-electron chi connectivity index (χ0n) is 16.3. The Balaban J connectivity index is 1.77. The Morgan fingerprint density at radius 2 is 1.65 bits per heavy atom. The average Bonchev–Trinajstić information content (AvgIpc) is 3.15. The summed E-state index contributed by atoms with van der Waals surface area (Å²) in [5.74, 6) is 0. The molecule has 0 spiro atoms. The summed E-state index contributed by atoms with van der Waals surface area (Å²) in [6.07, 6.45) is -3.61. The highest BCUT2D eigenvalue weighted by atomic mass is 79.9. The van der Waals surface area contributed by atoms with Crippen molar-refractivity contribution in [2.24, 2.45) is 4.99 Å². The van der Waals surface area contributed by atoms with E-state index in [9.17, 15) is 13.2 Å². The number of nitrogens with zero attached hydrogens (tertiary/aromatic N) is 2. The quantitative estimate of drug-likeness (QED) is 0.269. The van der Waals surface area contributed by atoms with Crippen molar-refractivity contribution in [1.29, 1.82) is 0 Å². The molecule has 0 radical (unpaired) electrons. The fourth-order valence-electron chi connectivity index (χ4n) is 3.23. The maximum Gasteiger partial charge on any atom is 0.416 e. The largest absolute Gasteiger partial charge is 0.416 e. The Morgan fingerprint density at radius 3 is 2.35 bits per heavy atom. The first-order valence-electron chi connectivity index (χ1n) is 9.60.